The van der Waals surface area contributed by atoms with Gasteiger partial charge in [-0.05, 0) is 49.9 Å². The van der Waals surface area contributed by atoms with Crippen LogP contribution < -0.4 is 5.32 Å². The number of aliphatic hydroxyl groups excluding tert-OH is 1. The first-order chi connectivity index (χ1) is 9.35. The van der Waals surface area contributed by atoms with Crippen LogP contribution >= 0.6 is 27.7 Å². The summed E-state index contributed by atoms with van der Waals surface area (Å²) in [6.07, 6.45) is 0. The largest absolute Gasteiger partial charge is 0.396 e. The molecule has 0 fully saturated rings. The van der Waals surface area contributed by atoms with E-state index in [0.29, 0.717) is 5.75 Å². The van der Waals surface area contributed by atoms with Gasteiger partial charge in [-0.25, -0.2) is 0 Å². The minimum absolute atomic E-state index is 0.00257. The lowest BCUT2D eigenvalue weighted by atomic mass is 10.1. The van der Waals surface area contributed by atoms with Crippen LogP contribution in [0.25, 0.3) is 0 Å². The Hall–Kier alpha value is -0.520. The molecule has 20 heavy (non-hydrogen) atoms. The van der Waals surface area contributed by atoms with Crippen LogP contribution in [0.4, 0.5) is 0 Å². The zero-order valence-electron chi connectivity index (χ0n) is 12.4. The Bertz CT molecular complexity index is 479. The van der Waals surface area contributed by atoms with Gasteiger partial charge in [0.2, 0.25) is 5.91 Å². The van der Waals surface area contributed by atoms with Gasteiger partial charge in [0, 0.05) is 22.0 Å². The molecule has 0 aliphatic heterocycles. The summed E-state index contributed by atoms with van der Waals surface area (Å²) in [5.41, 5.74) is 2.33. The molecule has 0 aliphatic carbocycles. The molecule has 1 amide bonds. The fourth-order valence-electron chi connectivity index (χ4n) is 1.65. The van der Waals surface area contributed by atoms with E-state index >= 15 is 0 Å². The van der Waals surface area contributed by atoms with Crippen molar-refractivity contribution in [3.8, 4) is 0 Å². The first-order valence-electron chi connectivity index (χ1n) is 6.65. The molecule has 0 radical (unpaired) electrons. The van der Waals surface area contributed by atoms with E-state index in [1.807, 2.05) is 27.7 Å². The fourth-order valence-corrected chi connectivity index (χ4v) is 3.02. The summed E-state index contributed by atoms with van der Waals surface area (Å²) < 4.78 is 1.09. The van der Waals surface area contributed by atoms with Gasteiger partial charge < -0.3 is 10.4 Å². The summed E-state index contributed by atoms with van der Waals surface area (Å²) in [5, 5.41) is 12.0. The molecule has 1 aromatic carbocycles. The van der Waals surface area contributed by atoms with Crippen LogP contribution in [0.15, 0.2) is 21.5 Å². The molecule has 0 aliphatic rings. The Kier molecular flexibility index (Phi) is 7.06. The molecule has 2 N–H and O–H groups in total. The molecule has 0 saturated heterocycles. The first-order valence-corrected chi connectivity index (χ1v) is 8.42. The lowest BCUT2D eigenvalue weighted by molar-refractivity contribution is -0.119. The summed E-state index contributed by atoms with van der Waals surface area (Å²) in [6, 6.07) is 4.16. The molecule has 0 bridgehead atoms. The third-order valence-electron chi connectivity index (χ3n) is 3.35. The molecule has 3 nitrogen and oxygen atoms in total. The van der Waals surface area contributed by atoms with Crippen LogP contribution in [0, 0.1) is 19.8 Å². The van der Waals surface area contributed by atoms with Crippen LogP contribution in [0.3, 0.4) is 0 Å². The van der Waals surface area contributed by atoms with Gasteiger partial charge in [-0.1, -0.05) is 22.9 Å². The number of benzene rings is 1. The molecule has 5 heteroatoms. The Labute approximate surface area is 133 Å². The van der Waals surface area contributed by atoms with Gasteiger partial charge in [0.15, 0.2) is 0 Å². The van der Waals surface area contributed by atoms with Crippen molar-refractivity contribution < 1.29 is 9.90 Å². The van der Waals surface area contributed by atoms with Crippen LogP contribution in [0.2, 0.25) is 0 Å². The molecule has 0 spiro atoms. The van der Waals surface area contributed by atoms with Gasteiger partial charge in [0.1, 0.15) is 0 Å². The lowest BCUT2D eigenvalue weighted by Crippen LogP contribution is -2.39. The number of carbonyl (C=O) groups is 1. The molecule has 0 aromatic heterocycles. The highest BCUT2D eigenvalue weighted by atomic mass is 79.9. The minimum atomic E-state index is -0.0131. The zero-order valence-corrected chi connectivity index (χ0v) is 14.8. The Morgan fingerprint density at radius 2 is 2.00 bits per heavy atom. The molecule has 0 heterocycles. The number of hydrogen-bond acceptors (Lipinski definition) is 3. The van der Waals surface area contributed by atoms with Crippen molar-refractivity contribution in [1.82, 2.24) is 5.32 Å². The van der Waals surface area contributed by atoms with E-state index in [0.717, 1.165) is 14.9 Å². The van der Waals surface area contributed by atoms with Crippen LogP contribution in [0.1, 0.15) is 25.0 Å². The van der Waals surface area contributed by atoms with Crippen molar-refractivity contribution in [3.05, 3.63) is 27.7 Å². The minimum Gasteiger partial charge on any atom is -0.396 e. The van der Waals surface area contributed by atoms with Crippen molar-refractivity contribution >= 4 is 33.6 Å². The summed E-state index contributed by atoms with van der Waals surface area (Å²) in [5.74, 6) is 0.466. The quantitative estimate of drug-likeness (QED) is 0.766. The number of amides is 1. The van der Waals surface area contributed by atoms with Gasteiger partial charge in [-0.3, -0.25) is 4.79 Å². The lowest BCUT2D eigenvalue weighted by Gasteiger charge is -2.19. The number of carbonyl (C=O) groups excluding carboxylic acids is 1. The van der Waals surface area contributed by atoms with E-state index in [1.165, 1.54) is 5.56 Å². The number of nitrogens with one attached hydrogen (secondary N) is 1. The van der Waals surface area contributed by atoms with E-state index in [4.69, 9.17) is 5.11 Å². The highest BCUT2D eigenvalue weighted by Crippen LogP contribution is 2.28. The second kappa shape index (κ2) is 8.05. The van der Waals surface area contributed by atoms with Gasteiger partial charge in [0.25, 0.3) is 0 Å². The highest BCUT2D eigenvalue weighted by Gasteiger charge is 2.14. The predicted octanol–water partition coefficient (Wildman–Crippen LogP) is 3.29. The standard InChI is InChI=1S/C15H22BrNO2S/c1-9-6-14(10(2)5-13(9)16)20-8-15(19)17-12(4)11(3)7-18/h5-6,11-12,18H,7-8H2,1-4H3,(H,17,19). The van der Waals surface area contributed by atoms with Crippen molar-refractivity contribution in [2.24, 2.45) is 5.92 Å². The van der Waals surface area contributed by atoms with E-state index in [9.17, 15) is 4.79 Å². The molecule has 1 rings (SSSR count). The van der Waals surface area contributed by atoms with Crippen molar-refractivity contribution in [1.29, 1.82) is 0 Å². The van der Waals surface area contributed by atoms with E-state index < -0.39 is 0 Å². The number of aryl methyl sites for hydroxylation is 2. The third kappa shape index (κ3) is 5.11. The monoisotopic (exact) mass is 359 g/mol. The third-order valence-corrected chi connectivity index (χ3v) is 5.36. The van der Waals surface area contributed by atoms with E-state index in [1.54, 1.807) is 11.8 Å². The summed E-state index contributed by atoms with van der Waals surface area (Å²) in [4.78, 5) is 13.0. The second-order valence-electron chi connectivity index (χ2n) is 5.17. The molecular formula is C15H22BrNO2S. The van der Waals surface area contributed by atoms with Crippen molar-refractivity contribution in [2.75, 3.05) is 12.4 Å². The van der Waals surface area contributed by atoms with Crippen LogP contribution in [-0.4, -0.2) is 29.4 Å². The van der Waals surface area contributed by atoms with E-state index in [-0.39, 0.29) is 24.5 Å². The van der Waals surface area contributed by atoms with Gasteiger partial charge >= 0.3 is 0 Å². The highest BCUT2D eigenvalue weighted by molar-refractivity contribution is 9.10. The molecule has 1 aromatic rings. The maximum absolute atomic E-state index is 11.9. The number of aliphatic hydroxyl groups is 1. The second-order valence-corrected chi connectivity index (χ2v) is 7.04. The summed E-state index contributed by atoms with van der Waals surface area (Å²) in [7, 11) is 0. The summed E-state index contributed by atoms with van der Waals surface area (Å²) >= 11 is 5.05. The number of rotatable bonds is 6. The van der Waals surface area contributed by atoms with Gasteiger partial charge in [-0.2, -0.15) is 0 Å². The molecule has 2 atom stereocenters. The van der Waals surface area contributed by atoms with Crippen molar-refractivity contribution in [2.45, 2.75) is 38.6 Å². The van der Waals surface area contributed by atoms with Crippen molar-refractivity contribution in [3.63, 3.8) is 0 Å². The normalized spacial score (nSPS) is 13.9. The summed E-state index contributed by atoms with van der Waals surface area (Å²) in [6.45, 7) is 8.00. The van der Waals surface area contributed by atoms with Gasteiger partial charge in [-0.15, -0.1) is 11.8 Å². The zero-order chi connectivity index (χ0) is 15.3. The smallest absolute Gasteiger partial charge is 0.230 e. The van der Waals surface area contributed by atoms with Crippen LogP contribution in [-0.2, 0) is 4.79 Å². The molecule has 112 valence electrons. The first kappa shape index (κ1) is 17.5. The predicted molar refractivity (Wildman–Crippen MR) is 88.2 cm³/mol. The molecule has 2 unspecified atom stereocenters. The Morgan fingerprint density at radius 1 is 1.35 bits per heavy atom. The average Bonchev–Trinajstić information content (AvgIpc) is 2.40. The maximum atomic E-state index is 11.9. The van der Waals surface area contributed by atoms with E-state index in [2.05, 4.69) is 33.4 Å². The Morgan fingerprint density at radius 3 is 2.60 bits per heavy atom. The maximum Gasteiger partial charge on any atom is 0.230 e. The Balaban J connectivity index is 2.55. The van der Waals surface area contributed by atoms with Crippen LogP contribution in [0.5, 0.6) is 0 Å². The number of hydrogen-bond donors (Lipinski definition) is 2. The van der Waals surface area contributed by atoms with Gasteiger partial charge in [0.05, 0.1) is 5.75 Å². The average molecular weight is 360 g/mol. The SMILES string of the molecule is Cc1cc(SCC(=O)NC(C)C(C)CO)c(C)cc1Br. The fraction of sp³-hybridized carbons (Fsp3) is 0.533. The number of thioether (sulfide) groups is 1. The topological polar surface area (TPSA) is 49.3 Å². The number of halogens is 1. The molecule has 0 saturated carbocycles. The molecular weight excluding hydrogens is 338 g/mol.